The van der Waals surface area contributed by atoms with E-state index >= 15 is 0 Å². The van der Waals surface area contributed by atoms with Crippen LogP contribution in [0.4, 0.5) is 0 Å². The fourth-order valence-electron chi connectivity index (χ4n) is 0.761. The Morgan fingerprint density at radius 2 is 2.00 bits per heavy atom. The highest BCUT2D eigenvalue weighted by Gasteiger charge is 1.97. The predicted octanol–water partition coefficient (Wildman–Crippen LogP) is 1.79. The van der Waals surface area contributed by atoms with Crippen LogP contribution in [0.2, 0.25) is 0 Å². The van der Waals surface area contributed by atoms with Gasteiger partial charge in [-0.3, -0.25) is 4.79 Å². The molecule has 0 heterocycles. The molecule has 0 aliphatic rings. The molecular weight excluding hydrogens is 178 g/mol. The van der Waals surface area contributed by atoms with Crippen molar-refractivity contribution in [2.75, 3.05) is 14.2 Å². The molecule has 14 heavy (non-hydrogen) atoms. The van der Waals surface area contributed by atoms with Gasteiger partial charge in [0.05, 0.1) is 7.11 Å². The van der Waals surface area contributed by atoms with Gasteiger partial charge in [-0.1, -0.05) is 24.8 Å². The van der Waals surface area contributed by atoms with Crippen LogP contribution in [0, 0.1) is 0 Å². The van der Waals surface area contributed by atoms with Crippen LogP contribution in [-0.4, -0.2) is 20.1 Å². The maximum atomic E-state index is 10.9. The van der Waals surface area contributed by atoms with E-state index in [-0.39, 0.29) is 5.91 Å². The van der Waals surface area contributed by atoms with Gasteiger partial charge < -0.3 is 10.1 Å². The lowest BCUT2D eigenvalue weighted by molar-refractivity contribution is -0.120. The highest BCUT2D eigenvalue weighted by atomic mass is 16.5. The molecule has 0 aromatic carbocycles. The summed E-state index contributed by atoms with van der Waals surface area (Å²) in [5, 5.41) is 2.55. The van der Waals surface area contributed by atoms with Crippen LogP contribution in [0.15, 0.2) is 36.6 Å². The van der Waals surface area contributed by atoms with Crippen molar-refractivity contribution in [2.24, 2.45) is 0 Å². The van der Waals surface area contributed by atoms with Gasteiger partial charge in [0, 0.05) is 13.5 Å². The molecule has 0 aliphatic carbocycles. The number of allylic oxidation sites excluding steroid dienone is 3. The maximum Gasteiger partial charge on any atom is 0.220 e. The number of rotatable bonds is 6. The third-order valence-corrected chi connectivity index (χ3v) is 1.72. The van der Waals surface area contributed by atoms with Gasteiger partial charge in [0.25, 0.3) is 0 Å². The van der Waals surface area contributed by atoms with Gasteiger partial charge in [0.2, 0.25) is 5.91 Å². The molecule has 3 nitrogen and oxygen atoms in total. The van der Waals surface area contributed by atoms with Gasteiger partial charge >= 0.3 is 0 Å². The van der Waals surface area contributed by atoms with Crippen LogP contribution in [0.1, 0.15) is 12.8 Å². The van der Waals surface area contributed by atoms with Crippen LogP contribution < -0.4 is 5.32 Å². The molecule has 0 spiro atoms. The Bertz CT molecular complexity index is 254. The summed E-state index contributed by atoms with van der Waals surface area (Å²) in [4.78, 5) is 10.9. The first kappa shape index (κ1) is 12.5. The van der Waals surface area contributed by atoms with Crippen molar-refractivity contribution in [1.82, 2.24) is 5.32 Å². The Kier molecular flexibility index (Phi) is 6.20. The average Bonchev–Trinajstić information content (AvgIpc) is 2.22. The Balaban J connectivity index is 3.81. The summed E-state index contributed by atoms with van der Waals surface area (Å²) in [6.45, 7) is 7.43. The highest BCUT2D eigenvalue weighted by molar-refractivity contribution is 5.75. The summed E-state index contributed by atoms with van der Waals surface area (Å²) in [5.41, 5.74) is 0.881. The number of methoxy groups -OCH3 is 1. The van der Waals surface area contributed by atoms with E-state index in [0.29, 0.717) is 18.6 Å². The lowest BCUT2D eigenvalue weighted by Crippen LogP contribution is -2.16. The molecule has 0 atom stereocenters. The second-order valence-electron chi connectivity index (χ2n) is 2.84. The fraction of sp³-hybridized carbons (Fsp3) is 0.364. The van der Waals surface area contributed by atoms with Crippen LogP contribution in [0.5, 0.6) is 0 Å². The zero-order valence-electron chi connectivity index (χ0n) is 8.80. The lowest BCUT2D eigenvalue weighted by atomic mass is 10.1. The minimum atomic E-state index is 0.0186. The van der Waals surface area contributed by atoms with E-state index < -0.39 is 0 Å². The van der Waals surface area contributed by atoms with Crippen LogP contribution >= 0.6 is 0 Å². The average molecular weight is 195 g/mol. The van der Waals surface area contributed by atoms with Crippen molar-refractivity contribution < 1.29 is 9.53 Å². The smallest absolute Gasteiger partial charge is 0.220 e. The summed E-state index contributed by atoms with van der Waals surface area (Å²) >= 11 is 0. The topological polar surface area (TPSA) is 38.3 Å². The minimum absolute atomic E-state index is 0.0186. The molecule has 0 aliphatic heterocycles. The summed E-state index contributed by atoms with van der Waals surface area (Å²) in [6.07, 6.45) is 4.63. The normalized spacial score (nSPS) is 9.86. The Labute approximate surface area is 85.1 Å². The molecule has 0 rings (SSSR count). The summed E-state index contributed by atoms with van der Waals surface area (Å²) in [5.74, 6) is 0.594. The molecule has 1 N–H and O–H groups in total. The molecule has 0 bridgehead atoms. The van der Waals surface area contributed by atoms with E-state index in [0.717, 1.165) is 5.57 Å². The molecule has 0 radical (unpaired) electrons. The summed E-state index contributed by atoms with van der Waals surface area (Å²) < 4.78 is 4.85. The van der Waals surface area contributed by atoms with Crippen molar-refractivity contribution >= 4 is 5.91 Å². The zero-order valence-corrected chi connectivity index (χ0v) is 8.80. The standard InChI is InChI=1S/C11H17NO2/c1-9(5-7-10(2)14-4)6-8-11(13)12-3/h5,7H,1-2,6,8H2,3-4H3,(H,12,13)/b7-5-. The van der Waals surface area contributed by atoms with Gasteiger partial charge in [0.15, 0.2) is 0 Å². The molecule has 0 aromatic heterocycles. The molecule has 0 aromatic rings. The third kappa shape index (κ3) is 6.06. The largest absolute Gasteiger partial charge is 0.497 e. The number of carbonyl (C=O) groups excluding carboxylic acids is 1. The number of carbonyl (C=O) groups is 1. The van der Waals surface area contributed by atoms with Crippen molar-refractivity contribution in [1.29, 1.82) is 0 Å². The Hall–Kier alpha value is -1.51. The van der Waals surface area contributed by atoms with Crippen molar-refractivity contribution in [3.05, 3.63) is 36.6 Å². The fourth-order valence-corrected chi connectivity index (χ4v) is 0.761. The summed E-state index contributed by atoms with van der Waals surface area (Å²) in [7, 11) is 3.17. The molecule has 0 fully saturated rings. The zero-order chi connectivity index (χ0) is 11.0. The molecule has 0 unspecified atom stereocenters. The molecule has 3 heteroatoms. The van der Waals surface area contributed by atoms with E-state index in [9.17, 15) is 4.79 Å². The van der Waals surface area contributed by atoms with Gasteiger partial charge in [-0.15, -0.1) is 0 Å². The number of hydrogen-bond acceptors (Lipinski definition) is 2. The van der Waals surface area contributed by atoms with Gasteiger partial charge in [-0.25, -0.2) is 0 Å². The quantitative estimate of drug-likeness (QED) is 0.518. The predicted molar refractivity (Wildman–Crippen MR) is 57.7 cm³/mol. The number of amides is 1. The first-order chi connectivity index (χ1) is 6.60. The third-order valence-electron chi connectivity index (χ3n) is 1.72. The molecule has 78 valence electrons. The van der Waals surface area contributed by atoms with E-state index in [4.69, 9.17) is 4.74 Å². The lowest BCUT2D eigenvalue weighted by Gasteiger charge is -2.00. The van der Waals surface area contributed by atoms with Gasteiger partial charge in [-0.05, 0) is 12.5 Å². The Morgan fingerprint density at radius 3 is 2.50 bits per heavy atom. The number of hydrogen-bond donors (Lipinski definition) is 1. The summed E-state index contributed by atoms with van der Waals surface area (Å²) in [6, 6.07) is 0. The van der Waals surface area contributed by atoms with Crippen molar-refractivity contribution in [3.63, 3.8) is 0 Å². The van der Waals surface area contributed by atoms with Gasteiger partial charge in [-0.2, -0.15) is 0 Å². The SMILES string of the molecule is C=C(/C=C\C(=C)OC)CCC(=O)NC. The first-order valence-corrected chi connectivity index (χ1v) is 4.39. The van der Waals surface area contributed by atoms with Crippen LogP contribution in [0.25, 0.3) is 0 Å². The maximum absolute atomic E-state index is 10.9. The molecule has 1 amide bonds. The second-order valence-corrected chi connectivity index (χ2v) is 2.84. The first-order valence-electron chi connectivity index (χ1n) is 4.39. The van der Waals surface area contributed by atoms with E-state index in [1.165, 1.54) is 0 Å². The van der Waals surface area contributed by atoms with Gasteiger partial charge in [0.1, 0.15) is 5.76 Å². The molecule has 0 saturated heterocycles. The van der Waals surface area contributed by atoms with E-state index in [2.05, 4.69) is 18.5 Å². The van der Waals surface area contributed by atoms with E-state index in [1.807, 2.05) is 0 Å². The van der Waals surface area contributed by atoms with Crippen LogP contribution in [-0.2, 0) is 9.53 Å². The number of nitrogens with one attached hydrogen (secondary N) is 1. The Morgan fingerprint density at radius 1 is 1.36 bits per heavy atom. The van der Waals surface area contributed by atoms with Crippen molar-refractivity contribution in [2.45, 2.75) is 12.8 Å². The molecule has 0 saturated carbocycles. The second kappa shape index (κ2) is 6.95. The van der Waals surface area contributed by atoms with Crippen LogP contribution in [0.3, 0.4) is 0 Å². The van der Waals surface area contributed by atoms with Crippen molar-refractivity contribution in [3.8, 4) is 0 Å². The monoisotopic (exact) mass is 195 g/mol. The molecular formula is C11H17NO2. The number of ether oxygens (including phenoxy) is 1. The minimum Gasteiger partial charge on any atom is -0.497 e. The van der Waals surface area contributed by atoms with E-state index in [1.54, 1.807) is 26.3 Å². The highest BCUT2D eigenvalue weighted by Crippen LogP contribution is 2.05.